The van der Waals surface area contributed by atoms with Gasteiger partial charge in [-0.05, 0) is 56.0 Å². The van der Waals surface area contributed by atoms with Gasteiger partial charge in [0.2, 0.25) is 0 Å². The van der Waals surface area contributed by atoms with E-state index >= 15 is 0 Å². The Labute approximate surface area is 143 Å². The van der Waals surface area contributed by atoms with E-state index in [0.717, 1.165) is 38.2 Å². The zero-order valence-corrected chi connectivity index (χ0v) is 13.4. The molecule has 2 aliphatic rings. The smallest absolute Gasteiger partial charge is 0.366 e. The van der Waals surface area contributed by atoms with Crippen molar-refractivity contribution in [1.29, 1.82) is 0 Å². The lowest BCUT2D eigenvalue weighted by Crippen LogP contribution is -2.21. The monoisotopic (exact) mass is 349 g/mol. The Kier molecular flexibility index (Phi) is 4.07. The molecule has 1 saturated carbocycles. The first-order valence-corrected chi connectivity index (χ1v) is 8.33. The summed E-state index contributed by atoms with van der Waals surface area (Å²) in [5.41, 5.74) is -0.650. The summed E-state index contributed by atoms with van der Waals surface area (Å²) in [4.78, 5) is 3.78. The minimum Gasteiger partial charge on any atom is -0.366 e. The van der Waals surface area contributed by atoms with Crippen molar-refractivity contribution in [2.24, 2.45) is 11.8 Å². The molecule has 0 amide bonds. The zero-order valence-electron chi connectivity index (χ0n) is 13.4. The third-order valence-corrected chi connectivity index (χ3v) is 5.07. The van der Waals surface area contributed by atoms with Gasteiger partial charge in [0.25, 0.3) is 0 Å². The topological polar surface area (TPSA) is 62.7 Å². The number of rotatable bonds is 3. The van der Waals surface area contributed by atoms with Gasteiger partial charge in [0.1, 0.15) is 5.82 Å². The largest absolute Gasteiger partial charge is 0.417 e. The predicted molar refractivity (Wildman–Crippen MR) is 86.8 cm³/mol. The Bertz CT molecular complexity index is 735. The molecule has 2 unspecified atom stereocenters. The van der Waals surface area contributed by atoms with Crippen LogP contribution in [-0.2, 0) is 6.18 Å². The molecular weight excluding hydrogens is 331 g/mol. The van der Waals surface area contributed by atoms with Gasteiger partial charge < -0.3 is 10.6 Å². The van der Waals surface area contributed by atoms with E-state index in [1.54, 1.807) is 12.1 Å². The van der Waals surface area contributed by atoms with E-state index < -0.39 is 11.7 Å². The highest BCUT2D eigenvalue weighted by atomic mass is 19.4. The van der Waals surface area contributed by atoms with Gasteiger partial charge in [0.05, 0.1) is 11.3 Å². The summed E-state index contributed by atoms with van der Waals surface area (Å²) in [6, 6.07) is 4.54. The second-order valence-electron chi connectivity index (χ2n) is 6.71. The van der Waals surface area contributed by atoms with Gasteiger partial charge in [-0.3, -0.25) is 4.98 Å². The van der Waals surface area contributed by atoms with E-state index in [4.69, 9.17) is 0 Å². The maximum atomic E-state index is 13.1. The maximum Gasteiger partial charge on any atom is 0.417 e. The van der Waals surface area contributed by atoms with Crippen LogP contribution in [0.3, 0.4) is 0 Å². The molecule has 1 saturated heterocycles. The highest BCUT2D eigenvalue weighted by molar-refractivity contribution is 5.63. The molecule has 3 heterocycles. The van der Waals surface area contributed by atoms with E-state index in [9.17, 15) is 13.2 Å². The lowest BCUT2D eigenvalue weighted by atomic mass is 10.0. The van der Waals surface area contributed by atoms with Crippen LogP contribution in [0, 0.1) is 11.8 Å². The van der Waals surface area contributed by atoms with Gasteiger partial charge >= 0.3 is 6.18 Å². The number of anilines is 1. The molecular formula is C17H18F3N5. The summed E-state index contributed by atoms with van der Waals surface area (Å²) in [6.07, 6.45) is 0.0169. The van der Waals surface area contributed by atoms with E-state index in [0.29, 0.717) is 23.7 Å². The molecule has 2 atom stereocenters. The molecule has 1 aliphatic heterocycles. The quantitative estimate of drug-likeness (QED) is 0.892. The number of hydrogen-bond donors (Lipinski definition) is 2. The van der Waals surface area contributed by atoms with E-state index in [1.165, 1.54) is 6.20 Å². The van der Waals surface area contributed by atoms with Crippen molar-refractivity contribution in [3.63, 3.8) is 0 Å². The fourth-order valence-electron chi connectivity index (χ4n) is 3.89. The Morgan fingerprint density at radius 3 is 2.44 bits per heavy atom. The molecule has 25 heavy (non-hydrogen) atoms. The first-order valence-electron chi connectivity index (χ1n) is 8.33. The van der Waals surface area contributed by atoms with Gasteiger partial charge in [-0.15, -0.1) is 10.2 Å². The molecule has 2 N–H and O–H groups in total. The third-order valence-electron chi connectivity index (χ3n) is 5.07. The fraction of sp³-hybridized carbons (Fsp3) is 0.471. The number of alkyl halides is 3. The number of nitrogens with one attached hydrogen (secondary N) is 2. The summed E-state index contributed by atoms with van der Waals surface area (Å²) in [5.74, 6) is 2.00. The molecule has 0 aromatic carbocycles. The van der Waals surface area contributed by atoms with Crippen LogP contribution in [0.25, 0.3) is 11.3 Å². The lowest BCUT2D eigenvalue weighted by Gasteiger charge is -2.15. The number of halogens is 3. The SMILES string of the molecule is FC(F)(F)c1ccncc1-c1ccc(NC2CC3CNCC3C2)nn1. The summed E-state index contributed by atoms with van der Waals surface area (Å²) in [6.45, 7) is 2.13. The van der Waals surface area contributed by atoms with Crippen molar-refractivity contribution in [2.45, 2.75) is 25.1 Å². The molecule has 2 fully saturated rings. The molecule has 0 bridgehead atoms. The Morgan fingerprint density at radius 1 is 1.04 bits per heavy atom. The Morgan fingerprint density at radius 2 is 1.80 bits per heavy atom. The van der Waals surface area contributed by atoms with Crippen molar-refractivity contribution in [3.8, 4) is 11.3 Å². The molecule has 132 valence electrons. The lowest BCUT2D eigenvalue weighted by molar-refractivity contribution is -0.137. The Balaban J connectivity index is 1.50. The summed E-state index contributed by atoms with van der Waals surface area (Å²) in [5, 5.41) is 14.8. The molecule has 0 spiro atoms. The van der Waals surface area contributed by atoms with Crippen LogP contribution in [0.4, 0.5) is 19.0 Å². The molecule has 4 rings (SSSR count). The number of fused-ring (bicyclic) bond motifs is 1. The van der Waals surface area contributed by atoms with Crippen molar-refractivity contribution in [3.05, 3.63) is 36.2 Å². The predicted octanol–water partition coefficient (Wildman–Crippen LogP) is 2.97. The minimum atomic E-state index is -4.45. The average molecular weight is 349 g/mol. The number of hydrogen-bond acceptors (Lipinski definition) is 5. The van der Waals surface area contributed by atoms with E-state index in [2.05, 4.69) is 25.8 Å². The number of nitrogens with zero attached hydrogens (tertiary/aromatic N) is 3. The first kappa shape index (κ1) is 16.3. The van der Waals surface area contributed by atoms with Crippen LogP contribution in [0.2, 0.25) is 0 Å². The van der Waals surface area contributed by atoms with Crippen molar-refractivity contribution < 1.29 is 13.2 Å². The normalized spacial score (nSPS) is 25.8. The number of aromatic nitrogens is 3. The Hall–Kier alpha value is -2.22. The summed E-state index contributed by atoms with van der Waals surface area (Å²) in [7, 11) is 0. The molecule has 5 nitrogen and oxygen atoms in total. The van der Waals surface area contributed by atoms with E-state index in [-0.39, 0.29) is 11.3 Å². The minimum absolute atomic E-state index is 0.0597. The molecule has 2 aromatic rings. The van der Waals surface area contributed by atoms with Crippen molar-refractivity contribution in [1.82, 2.24) is 20.5 Å². The molecule has 1 aliphatic carbocycles. The highest BCUT2D eigenvalue weighted by Crippen LogP contribution is 2.37. The molecule has 8 heteroatoms. The highest BCUT2D eigenvalue weighted by Gasteiger charge is 2.37. The number of pyridine rings is 1. The summed E-state index contributed by atoms with van der Waals surface area (Å²) < 4.78 is 39.3. The van der Waals surface area contributed by atoms with Crippen LogP contribution in [0.1, 0.15) is 18.4 Å². The van der Waals surface area contributed by atoms with Gasteiger partial charge in [-0.2, -0.15) is 13.2 Å². The zero-order chi connectivity index (χ0) is 17.4. The fourth-order valence-corrected chi connectivity index (χ4v) is 3.89. The summed E-state index contributed by atoms with van der Waals surface area (Å²) >= 11 is 0. The first-order chi connectivity index (χ1) is 12.0. The second kappa shape index (κ2) is 6.25. The standard InChI is InChI=1S/C17H18F3N5/c18-17(19,20)14-3-4-21-9-13(14)15-1-2-16(25-24-15)23-12-5-10-7-22-8-11(10)6-12/h1-4,9-12,22H,5-8H2,(H,23,25). The van der Waals surface area contributed by atoms with Gasteiger partial charge in [0, 0.05) is 24.0 Å². The van der Waals surface area contributed by atoms with Crippen LogP contribution in [-0.4, -0.2) is 34.3 Å². The maximum absolute atomic E-state index is 13.1. The van der Waals surface area contributed by atoms with Gasteiger partial charge in [-0.25, -0.2) is 0 Å². The second-order valence-corrected chi connectivity index (χ2v) is 6.71. The molecule has 0 radical (unpaired) electrons. The van der Waals surface area contributed by atoms with E-state index in [1.807, 2.05) is 0 Å². The van der Waals surface area contributed by atoms with Crippen LogP contribution >= 0.6 is 0 Å². The van der Waals surface area contributed by atoms with Crippen molar-refractivity contribution in [2.75, 3.05) is 18.4 Å². The van der Waals surface area contributed by atoms with Crippen LogP contribution in [0.5, 0.6) is 0 Å². The molecule has 2 aromatic heterocycles. The van der Waals surface area contributed by atoms with Gasteiger partial charge in [-0.1, -0.05) is 0 Å². The third kappa shape index (κ3) is 3.30. The average Bonchev–Trinajstić information content (AvgIpc) is 3.16. The van der Waals surface area contributed by atoms with Gasteiger partial charge in [0.15, 0.2) is 0 Å². The van der Waals surface area contributed by atoms with Crippen molar-refractivity contribution >= 4 is 5.82 Å². The van der Waals surface area contributed by atoms with Crippen LogP contribution < -0.4 is 10.6 Å². The van der Waals surface area contributed by atoms with Crippen LogP contribution in [0.15, 0.2) is 30.6 Å².